The minimum absolute atomic E-state index is 0.0159. The quantitative estimate of drug-likeness (QED) is 0.681. The van der Waals surface area contributed by atoms with Gasteiger partial charge < -0.3 is 5.73 Å². The van der Waals surface area contributed by atoms with E-state index in [-0.39, 0.29) is 17.9 Å². The van der Waals surface area contributed by atoms with Crippen molar-refractivity contribution in [3.63, 3.8) is 0 Å². The monoisotopic (exact) mass is 345 g/mol. The van der Waals surface area contributed by atoms with Gasteiger partial charge in [0.05, 0.1) is 12.1 Å². The van der Waals surface area contributed by atoms with Gasteiger partial charge in [0.2, 0.25) is 0 Å². The largest absolute Gasteiger partial charge is 0.433 e. The van der Waals surface area contributed by atoms with Crippen molar-refractivity contribution in [3.8, 4) is 0 Å². The number of hydrogen-bond donors (Lipinski definition) is 1. The lowest BCUT2D eigenvalue weighted by molar-refractivity contribution is -0.0570. The second kappa shape index (κ2) is 6.16. The highest BCUT2D eigenvalue weighted by atomic mass is 19.4. The molecule has 0 unspecified atom stereocenters. The molecular weight excluding hydrogens is 331 g/mol. The number of nitrogens with zero attached hydrogens (tertiary/aromatic N) is 2. The van der Waals surface area contributed by atoms with Gasteiger partial charge in [0.1, 0.15) is 5.71 Å². The highest BCUT2D eigenvalue weighted by Crippen LogP contribution is 2.32. The zero-order chi connectivity index (χ0) is 18.2. The number of aromatic nitrogens is 1. The van der Waals surface area contributed by atoms with Crippen molar-refractivity contribution in [2.24, 2.45) is 10.7 Å². The molecule has 2 N–H and O–H groups in total. The molecule has 128 valence electrons. The molecule has 0 atom stereocenters. The number of carbonyl (C=O) groups excluding carboxylic acids is 1. The fraction of sp³-hybridized carbons (Fsp3) is 0.167. The molecule has 0 fully saturated rings. The number of benzene rings is 1. The third kappa shape index (κ3) is 3.31. The van der Waals surface area contributed by atoms with E-state index in [1.807, 2.05) is 0 Å². The molecule has 0 saturated carbocycles. The predicted molar refractivity (Wildman–Crippen MR) is 90.4 cm³/mol. The van der Waals surface area contributed by atoms with E-state index in [4.69, 9.17) is 5.73 Å². The average molecular weight is 345 g/mol. The van der Waals surface area contributed by atoms with E-state index < -0.39 is 11.9 Å². The maximum atomic E-state index is 13.1. The average Bonchev–Trinajstić information content (AvgIpc) is 3.03. The van der Waals surface area contributed by atoms with Gasteiger partial charge >= 0.3 is 6.18 Å². The molecule has 25 heavy (non-hydrogen) atoms. The van der Waals surface area contributed by atoms with Gasteiger partial charge in [-0.15, -0.1) is 0 Å². The minimum Gasteiger partial charge on any atom is -0.402 e. The first kappa shape index (κ1) is 16.9. The number of ketones is 1. The van der Waals surface area contributed by atoms with Crippen LogP contribution in [0.15, 0.2) is 53.3 Å². The van der Waals surface area contributed by atoms with Crippen molar-refractivity contribution < 1.29 is 18.0 Å². The highest BCUT2D eigenvalue weighted by molar-refractivity contribution is 6.28. The topological polar surface area (TPSA) is 68.3 Å². The first-order valence-electron chi connectivity index (χ1n) is 7.47. The SMILES string of the molecule is CC(N)=CC(=O)c1ccnc2ccc(C3=CCN=C3C(F)(F)F)cc12. The van der Waals surface area contributed by atoms with Crippen LogP contribution in [0.5, 0.6) is 0 Å². The third-order valence-corrected chi connectivity index (χ3v) is 3.75. The fourth-order valence-corrected chi connectivity index (χ4v) is 2.72. The Kier molecular flexibility index (Phi) is 4.16. The number of rotatable bonds is 3. The zero-order valence-corrected chi connectivity index (χ0v) is 13.3. The van der Waals surface area contributed by atoms with Gasteiger partial charge in [-0.25, -0.2) is 0 Å². The van der Waals surface area contributed by atoms with Crippen LogP contribution in [-0.4, -0.2) is 29.2 Å². The van der Waals surface area contributed by atoms with Crippen molar-refractivity contribution >= 4 is 28.0 Å². The molecule has 0 saturated heterocycles. The van der Waals surface area contributed by atoms with Crippen molar-refractivity contribution in [2.45, 2.75) is 13.1 Å². The third-order valence-electron chi connectivity index (χ3n) is 3.75. The summed E-state index contributed by atoms with van der Waals surface area (Å²) in [7, 11) is 0. The number of pyridine rings is 1. The number of fused-ring (bicyclic) bond motifs is 1. The number of aliphatic imine (C=N–C) groups is 1. The Balaban J connectivity index is 2.13. The Bertz CT molecular complexity index is 952. The molecule has 4 nitrogen and oxygen atoms in total. The van der Waals surface area contributed by atoms with E-state index in [2.05, 4.69) is 9.98 Å². The minimum atomic E-state index is -4.52. The molecule has 1 aromatic carbocycles. The summed E-state index contributed by atoms with van der Waals surface area (Å²) in [5, 5.41) is 0.469. The van der Waals surface area contributed by atoms with Crippen molar-refractivity contribution in [1.82, 2.24) is 4.98 Å². The number of nitrogens with two attached hydrogens (primary N) is 1. The molecule has 1 aromatic heterocycles. The molecule has 0 radical (unpaired) electrons. The molecular formula is C18H14F3N3O. The van der Waals surface area contributed by atoms with Crippen molar-refractivity contribution in [1.29, 1.82) is 0 Å². The Morgan fingerprint density at radius 2 is 2.04 bits per heavy atom. The predicted octanol–water partition coefficient (Wildman–Crippen LogP) is 3.68. The summed E-state index contributed by atoms with van der Waals surface area (Å²) in [5.41, 5.74) is 6.20. The van der Waals surface area contributed by atoms with E-state index in [1.165, 1.54) is 30.5 Å². The molecule has 2 heterocycles. The zero-order valence-electron chi connectivity index (χ0n) is 13.3. The smallest absolute Gasteiger partial charge is 0.402 e. The van der Waals surface area contributed by atoms with Crippen LogP contribution in [0, 0.1) is 0 Å². The van der Waals surface area contributed by atoms with E-state index in [1.54, 1.807) is 19.1 Å². The van der Waals surface area contributed by atoms with Crippen LogP contribution in [-0.2, 0) is 0 Å². The summed E-state index contributed by atoms with van der Waals surface area (Å²) < 4.78 is 39.3. The molecule has 2 aromatic rings. The second-order valence-corrected chi connectivity index (χ2v) is 5.65. The summed E-state index contributed by atoms with van der Waals surface area (Å²) in [5.74, 6) is -0.324. The van der Waals surface area contributed by atoms with E-state index in [9.17, 15) is 18.0 Å². The maximum absolute atomic E-state index is 13.1. The number of alkyl halides is 3. The van der Waals surface area contributed by atoms with Crippen molar-refractivity contribution in [3.05, 3.63) is 59.4 Å². The molecule has 0 amide bonds. The first-order chi connectivity index (χ1) is 11.8. The van der Waals surface area contributed by atoms with E-state index in [0.29, 0.717) is 27.7 Å². The standard InChI is InChI=1S/C18H14F3N3O/c1-10(22)8-16(25)13-5-6-23-15-3-2-11(9-14(13)15)12-4-7-24-17(12)18(19,20)21/h2-6,8-9H,7,22H2,1H3. The Labute approximate surface area is 141 Å². The fourth-order valence-electron chi connectivity index (χ4n) is 2.72. The number of carbonyl (C=O) groups is 1. The number of halogens is 3. The highest BCUT2D eigenvalue weighted by Gasteiger charge is 2.39. The van der Waals surface area contributed by atoms with Crippen LogP contribution >= 0.6 is 0 Å². The summed E-state index contributed by atoms with van der Waals surface area (Å²) >= 11 is 0. The van der Waals surface area contributed by atoms with Gasteiger partial charge in [0.15, 0.2) is 5.78 Å². The Morgan fingerprint density at radius 1 is 1.28 bits per heavy atom. The van der Waals surface area contributed by atoms with Crippen LogP contribution in [0.1, 0.15) is 22.8 Å². The van der Waals surface area contributed by atoms with E-state index in [0.717, 1.165) is 0 Å². The van der Waals surface area contributed by atoms with Gasteiger partial charge in [-0.3, -0.25) is 14.8 Å². The van der Waals surface area contributed by atoms with Crippen LogP contribution in [0.4, 0.5) is 13.2 Å². The van der Waals surface area contributed by atoms with Crippen molar-refractivity contribution in [2.75, 3.05) is 6.54 Å². The summed E-state index contributed by atoms with van der Waals surface area (Å²) in [6, 6.07) is 6.20. The van der Waals surface area contributed by atoms with Gasteiger partial charge in [-0.1, -0.05) is 12.1 Å². The Morgan fingerprint density at radius 3 is 2.72 bits per heavy atom. The van der Waals surface area contributed by atoms with Crippen LogP contribution < -0.4 is 5.73 Å². The van der Waals surface area contributed by atoms with Crippen LogP contribution in [0.3, 0.4) is 0 Å². The molecule has 1 aliphatic rings. The van der Waals surface area contributed by atoms with Crippen LogP contribution in [0.2, 0.25) is 0 Å². The summed E-state index contributed by atoms with van der Waals surface area (Å²) in [6.07, 6.45) is -0.346. The molecule has 7 heteroatoms. The number of hydrogen-bond acceptors (Lipinski definition) is 4. The normalized spacial score (nSPS) is 15.3. The lowest BCUT2D eigenvalue weighted by atomic mass is 9.97. The van der Waals surface area contributed by atoms with Gasteiger partial charge in [-0.2, -0.15) is 13.2 Å². The van der Waals surface area contributed by atoms with Gasteiger partial charge in [0.25, 0.3) is 0 Å². The Hall–Kier alpha value is -2.96. The second-order valence-electron chi connectivity index (χ2n) is 5.65. The molecule has 0 bridgehead atoms. The summed E-state index contributed by atoms with van der Waals surface area (Å²) in [6.45, 7) is 1.57. The first-order valence-corrected chi connectivity index (χ1v) is 7.47. The maximum Gasteiger partial charge on any atom is 0.433 e. The van der Waals surface area contributed by atoms with Gasteiger partial charge in [-0.05, 0) is 30.7 Å². The van der Waals surface area contributed by atoms with Crippen LogP contribution in [0.25, 0.3) is 16.5 Å². The molecule has 0 aliphatic carbocycles. The lowest BCUT2D eigenvalue weighted by Crippen LogP contribution is -2.22. The number of allylic oxidation sites excluding steroid dienone is 3. The lowest BCUT2D eigenvalue weighted by Gasteiger charge is -2.12. The van der Waals surface area contributed by atoms with E-state index >= 15 is 0 Å². The molecule has 1 aliphatic heterocycles. The molecule has 3 rings (SSSR count). The summed E-state index contributed by atoms with van der Waals surface area (Å²) in [4.78, 5) is 20.0. The molecule has 0 spiro atoms. The van der Waals surface area contributed by atoms with Gasteiger partial charge in [0, 0.05) is 34.5 Å².